The van der Waals surface area contributed by atoms with Crippen molar-refractivity contribution in [1.29, 1.82) is 0 Å². The van der Waals surface area contributed by atoms with Gasteiger partial charge in [0.2, 0.25) is 5.91 Å². The van der Waals surface area contributed by atoms with Gasteiger partial charge in [0.25, 0.3) is 0 Å². The molecule has 0 bridgehead atoms. The number of hydrogen-bond acceptors (Lipinski definition) is 5. The molecule has 1 aliphatic carbocycles. The number of aromatic amines is 1. The number of halogens is 3. The van der Waals surface area contributed by atoms with E-state index in [0.717, 1.165) is 29.5 Å². The molecule has 0 aromatic carbocycles. The van der Waals surface area contributed by atoms with Gasteiger partial charge in [-0.3, -0.25) is 4.79 Å². The zero-order valence-corrected chi connectivity index (χ0v) is 16.7. The molecule has 5 rings (SSSR count). The molecular formula is C21H18F3N7O. The average molecular weight is 441 g/mol. The van der Waals surface area contributed by atoms with E-state index in [1.54, 1.807) is 41.7 Å². The molecule has 4 aromatic rings. The van der Waals surface area contributed by atoms with Crippen molar-refractivity contribution in [3.05, 3.63) is 54.9 Å². The largest absolute Gasteiger partial charge is 0.405 e. The van der Waals surface area contributed by atoms with Crippen LogP contribution in [0.5, 0.6) is 0 Å². The summed E-state index contributed by atoms with van der Waals surface area (Å²) in [6.45, 7) is -1.34. The molecule has 32 heavy (non-hydrogen) atoms. The number of alkyl halides is 3. The van der Waals surface area contributed by atoms with Crippen molar-refractivity contribution in [2.24, 2.45) is 5.92 Å². The number of nitrogens with zero attached hydrogens (tertiary/aromatic N) is 5. The normalized spacial score (nSPS) is 15.1. The van der Waals surface area contributed by atoms with Crippen LogP contribution in [0.25, 0.3) is 28.1 Å². The highest BCUT2D eigenvalue weighted by Crippen LogP contribution is 2.42. The predicted octanol–water partition coefficient (Wildman–Crippen LogP) is 3.38. The van der Waals surface area contributed by atoms with Crippen LogP contribution in [-0.2, 0) is 4.79 Å². The standard InChI is InChI=1S/C21H18F3N7O/c22-21(23,24)10-27-20(32)17(12-1-2-12)13-3-4-16(26-7-13)31-9-14(8-30-31)15-5-6-25-19-18(15)28-11-29-19/h3-9,11-12,17H,1-2,10H2,(H,27,32)(H,25,28,29). The maximum absolute atomic E-state index is 12.5. The Labute approximate surface area is 179 Å². The molecule has 0 saturated heterocycles. The van der Waals surface area contributed by atoms with Crippen LogP contribution in [0.15, 0.2) is 49.3 Å². The van der Waals surface area contributed by atoms with Crippen LogP contribution in [0.2, 0.25) is 0 Å². The fourth-order valence-electron chi connectivity index (χ4n) is 3.75. The Bertz CT molecular complexity index is 1260. The van der Waals surface area contributed by atoms with E-state index in [1.807, 2.05) is 11.4 Å². The number of H-pyrrole nitrogens is 1. The summed E-state index contributed by atoms with van der Waals surface area (Å²) in [5.41, 5.74) is 3.70. The molecule has 1 aliphatic rings. The molecule has 1 saturated carbocycles. The van der Waals surface area contributed by atoms with Crippen molar-refractivity contribution in [2.75, 3.05) is 6.54 Å². The van der Waals surface area contributed by atoms with Gasteiger partial charge in [0.15, 0.2) is 11.5 Å². The van der Waals surface area contributed by atoms with E-state index in [2.05, 4.69) is 25.0 Å². The maximum atomic E-state index is 12.5. The minimum Gasteiger partial charge on any atom is -0.346 e. The van der Waals surface area contributed by atoms with Crippen LogP contribution in [0, 0.1) is 5.92 Å². The lowest BCUT2D eigenvalue weighted by molar-refractivity contribution is -0.139. The van der Waals surface area contributed by atoms with Gasteiger partial charge < -0.3 is 10.3 Å². The van der Waals surface area contributed by atoms with E-state index in [9.17, 15) is 18.0 Å². The Kier molecular flexibility index (Phi) is 4.87. The van der Waals surface area contributed by atoms with Crippen LogP contribution >= 0.6 is 0 Å². The molecule has 4 aromatic heterocycles. The quantitative estimate of drug-likeness (QED) is 0.478. The molecule has 0 radical (unpaired) electrons. The molecule has 2 N–H and O–H groups in total. The fraction of sp³-hybridized carbons (Fsp3) is 0.286. The van der Waals surface area contributed by atoms with Crippen LogP contribution in [0.3, 0.4) is 0 Å². The minimum atomic E-state index is -4.44. The summed E-state index contributed by atoms with van der Waals surface area (Å²) < 4.78 is 39.0. The average Bonchev–Trinajstić information content (AvgIpc) is 3.27. The highest BCUT2D eigenvalue weighted by Gasteiger charge is 2.39. The lowest BCUT2D eigenvalue weighted by atomic mass is 9.94. The van der Waals surface area contributed by atoms with Crippen LogP contribution in [0.1, 0.15) is 24.3 Å². The zero-order chi connectivity index (χ0) is 22.3. The molecular weight excluding hydrogens is 423 g/mol. The van der Waals surface area contributed by atoms with E-state index in [-0.39, 0.29) is 5.92 Å². The van der Waals surface area contributed by atoms with Crippen LogP contribution < -0.4 is 5.32 Å². The van der Waals surface area contributed by atoms with Crippen molar-refractivity contribution in [3.8, 4) is 16.9 Å². The van der Waals surface area contributed by atoms with Gasteiger partial charge in [-0.2, -0.15) is 18.3 Å². The van der Waals surface area contributed by atoms with Crippen molar-refractivity contribution in [2.45, 2.75) is 24.9 Å². The van der Waals surface area contributed by atoms with Crippen molar-refractivity contribution in [1.82, 2.24) is 35.0 Å². The number of nitrogens with one attached hydrogen (secondary N) is 2. The Balaban J connectivity index is 1.37. The molecule has 1 unspecified atom stereocenters. The molecule has 0 spiro atoms. The summed E-state index contributed by atoms with van der Waals surface area (Å²) in [6.07, 6.45) is 5.46. The number of imidazole rings is 1. The third kappa shape index (κ3) is 4.05. The fourth-order valence-corrected chi connectivity index (χ4v) is 3.75. The molecule has 1 atom stereocenters. The number of pyridine rings is 2. The van der Waals surface area contributed by atoms with Gasteiger partial charge in [-0.15, -0.1) is 0 Å². The molecule has 11 heteroatoms. The first-order valence-corrected chi connectivity index (χ1v) is 10.0. The van der Waals surface area contributed by atoms with Crippen LogP contribution in [-0.4, -0.2) is 48.3 Å². The SMILES string of the molecule is O=C(NCC(F)(F)F)C(c1ccc(-n2cc(-c3ccnc4[nH]cnc34)cn2)nc1)C1CC1. The van der Waals surface area contributed by atoms with Gasteiger partial charge in [0.1, 0.15) is 12.1 Å². The molecule has 1 fully saturated rings. The third-order valence-electron chi connectivity index (χ3n) is 5.42. The summed E-state index contributed by atoms with van der Waals surface area (Å²) in [4.78, 5) is 28.3. The minimum absolute atomic E-state index is 0.0372. The first kappa shape index (κ1) is 20.2. The van der Waals surface area contributed by atoms with E-state index < -0.39 is 24.5 Å². The molecule has 8 nitrogen and oxygen atoms in total. The third-order valence-corrected chi connectivity index (χ3v) is 5.42. The van der Waals surface area contributed by atoms with Gasteiger partial charge in [-0.05, 0) is 36.5 Å². The Hall–Kier alpha value is -3.76. The molecule has 4 heterocycles. The monoisotopic (exact) mass is 441 g/mol. The second kappa shape index (κ2) is 7.74. The number of hydrogen-bond donors (Lipinski definition) is 2. The van der Waals surface area contributed by atoms with Gasteiger partial charge in [-0.25, -0.2) is 19.6 Å². The van der Waals surface area contributed by atoms with Gasteiger partial charge in [0.05, 0.1) is 18.4 Å². The maximum Gasteiger partial charge on any atom is 0.405 e. The van der Waals surface area contributed by atoms with Gasteiger partial charge in [0, 0.05) is 29.7 Å². The number of amides is 1. The van der Waals surface area contributed by atoms with Crippen LogP contribution in [0.4, 0.5) is 13.2 Å². The first-order valence-electron chi connectivity index (χ1n) is 10.0. The van der Waals surface area contributed by atoms with E-state index in [0.29, 0.717) is 17.0 Å². The topological polar surface area (TPSA) is 101 Å². The number of rotatable bonds is 6. The smallest absolute Gasteiger partial charge is 0.346 e. The first-order chi connectivity index (χ1) is 15.4. The summed E-state index contributed by atoms with van der Waals surface area (Å²) >= 11 is 0. The summed E-state index contributed by atoms with van der Waals surface area (Å²) in [6, 6.07) is 5.27. The number of carbonyl (C=O) groups excluding carboxylic acids is 1. The predicted molar refractivity (Wildman–Crippen MR) is 109 cm³/mol. The summed E-state index contributed by atoms with van der Waals surface area (Å²) in [5, 5.41) is 6.36. The Morgan fingerprint density at radius 3 is 2.75 bits per heavy atom. The van der Waals surface area contributed by atoms with E-state index in [1.165, 1.54) is 6.20 Å². The Morgan fingerprint density at radius 2 is 2.03 bits per heavy atom. The highest BCUT2D eigenvalue weighted by atomic mass is 19.4. The number of fused-ring (bicyclic) bond motifs is 1. The van der Waals surface area contributed by atoms with E-state index >= 15 is 0 Å². The van der Waals surface area contributed by atoms with Crippen molar-refractivity contribution in [3.63, 3.8) is 0 Å². The number of aromatic nitrogens is 6. The van der Waals surface area contributed by atoms with Crippen molar-refractivity contribution >= 4 is 17.1 Å². The molecule has 164 valence electrons. The van der Waals surface area contributed by atoms with Gasteiger partial charge >= 0.3 is 6.18 Å². The lowest BCUT2D eigenvalue weighted by Crippen LogP contribution is -2.37. The molecule has 1 amide bonds. The summed E-state index contributed by atoms with van der Waals surface area (Å²) in [5.74, 6) is -0.703. The lowest BCUT2D eigenvalue weighted by Gasteiger charge is -2.17. The number of carbonyl (C=O) groups is 1. The second-order valence-electron chi connectivity index (χ2n) is 7.73. The summed E-state index contributed by atoms with van der Waals surface area (Å²) in [7, 11) is 0. The zero-order valence-electron chi connectivity index (χ0n) is 16.7. The second-order valence-corrected chi connectivity index (χ2v) is 7.73. The van der Waals surface area contributed by atoms with Crippen molar-refractivity contribution < 1.29 is 18.0 Å². The Morgan fingerprint density at radius 1 is 1.19 bits per heavy atom. The van der Waals surface area contributed by atoms with E-state index in [4.69, 9.17) is 0 Å². The highest BCUT2D eigenvalue weighted by molar-refractivity contribution is 5.89. The van der Waals surface area contributed by atoms with Gasteiger partial charge in [-0.1, -0.05) is 6.07 Å². The molecule has 0 aliphatic heterocycles.